The summed E-state index contributed by atoms with van der Waals surface area (Å²) in [6.45, 7) is 5.92. The van der Waals surface area contributed by atoms with Crippen LogP contribution in [0, 0.1) is 0 Å². The highest BCUT2D eigenvalue weighted by Crippen LogP contribution is 1.88. The number of rotatable bonds is 1. The summed E-state index contributed by atoms with van der Waals surface area (Å²) in [5, 5.41) is 0. The Morgan fingerprint density at radius 1 is 1.60 bits per heavy atom. The maximum Gasteiger partial charge on any atom is 0.193 e. The summed E-state index contributed by atoms with van der Waals surface area (Å²) in [7, 11) is -1.46. The SMILES string of the molecule is [2H]O[Si](C)(C)C. The van der Waals surface area contributed by atoms with Crippen molar-refractivity contribution in [2.24, 2.45) is 0 Å². The number of hydrogen-bond donors (Lipinski definition) is 1. The Labute approximate surface area is 35.3 Å². The molecule has 0 saturated carbocycles. The fourth-order valence-corrected chi connectivity index (χ4v) is 0. The normalized spacial score (nSPS) is 14.6. The molecule has 0 radical (unpaired) electrons. The average molecular weight is 91.2 g/mol. The van der Waals surface area contributed by atoms with Gasteiger partial charge in [0.05, 0.1) is 0 Å². The van der Waals surface area contributed by atoms with Gasteiger partial charge in [0, 0.05) is 0 Å². The second kappa shape index (κ2) is 1.10. The van der Waals surface area contributed by atoms with E-state index in [2.05, 4.69) is 4.80 Å². The molecule has 32 valence electrons. The van der Waals surface area contributed by atoms with E-state index >= 15 is 0 Å². The molecule has 0 fully saturated rings. The van der Waals surface area contributed by atoms with Crippen LogP contribution in [0.3, 0.4) is 0 Å². The van der Waals surface area contributed by atoms with Crippen LogP contribution in [0.2, 0.25) is 19.6 Å². The summed E-state index contributed by atoms with van der Waals surface area (Å²) >= 11 is 0. The van der Waals surface area contributed by atoms with Gasteiger partial charge < -0.3 is 4.80 Å². The Morgan fingerprint density at radius 3 is 1.80 bits per heavy atom. The molecule has 0 spiro atoms. The van der Waals surface area contributed by atoms with E-state index in [1.54, 1.807) is 0 Å². The minimum atomic E-state index is -1.46. The third-order valence-corrected chi connectivity index (χ3v) is 0. The van der Waals surface area contributed by atoms with Gasteiger partial charge in [-0.1, -0.05) is 0 Å². The molecular formula is C3H10OSi. The molecule has 2 heteroatoms. The van der Waals surface area contributed by atoms with Gasteiger partial charge in [-0.15, -0.1) is 0 Å². The summed E-state index contributed by atoms with van der Waals surface area (Å²) in [6, 6.07) is 0. The predicted octanol–water partition coefficient (Wildman–Crippen LogP) is 0.814. The van der Waals surface area contributed by atoms with Crippen LogP contribution in [0.25, 0.3) is 0 Å². The molecule has 0 rings (SSSR count). The van der Waals surface area contributed by atoms with Crippen LogP contribution < -0.4 is 0 Å². The fourth-order valence-electron chi connectivity index (χ4n) is 0. The Balaban J connectivity index is 3.17. The summed E-state index contributed by atoms with van der Waals surface area (Å²) in [4.78, 5) is 4.33. The minimum Gasteiger partial charge on any atom is -0.433 e. The van der Waals surface area contributed by atoms with Crippen LogP contribution in [0.15, 0.2) is 0 Å². The first-order valence-corrected chi connectivity index (χ1v) is 5.11. The summed E-state index contributed by atoms with van der Waals surface area (Å²) in [5.74, 6) is 0. The molecule has 1 N–H and O–H groups in total. The van der Waals surface area contributed by atoms with Crippen LogP contribution in [0.4, 0.5) is 0 Å². The summed E-state index contributed by atoms with van der Waals surface area (Å²) in [6.07, 6.45) is 0. The van der Waals surface area contributed by atoms with Crippen LogP contribution in [-0.2, 0) is 0 Å². The average Bonchev–Trinajstić information content (AvgIpc) is 1.35. The maximum atomic E-state index is 6.42. The van der Waals surface area contributed by atoms with Crippen molar-refractivity contribution < 1.29 is 4.80 Å². The van der Waals surface area contributed by atoms with Crippen molar-refractivity contribution in [3.8, 4) is 0 Å². The molecule has 0 saturated heterocycles. The lowest BCUT2D eigenvalue weighted by atomic mass is 11.8. The van der Waals surface area contributed by atoms with E-state index < -0.39 is 8.32 Å². The first-order valence-electron chi connectivity index (χ1n) is 2.11. The Kier molecular flexibility index (Phi) is 0.745. The summed E-state index contributed by atoms with van der Waals surface area (Å²) in [5.41, 5.74) is 0. The molecule has 0 aliphatic rings. The summed E-state index contributed by atoms with van der Waals surface area (Å²) < 4.78 is 6.42. The van der Waals surface area contributed by atoms with Gasteiger partial charge in [0.1, 0.15) is 0 Å². The van der Waals surface area contributed by atoms with Crippen molar-refractivity contribution in [2.75, 3.05) is 0 Å². The molecular weight excluding hydrogens is 80.1 g/mol. The molecule has 0 aliphatic heterocycles. The van der Waals surface area contributed by atoms with E-state index in [1.807, 2.05) is 19.6 Å². The first-order chi connectivity index (χ1) is 2.56. The van der Waals surface area contributed by atoms with E-state index in [-0.39, 0.29) is 0 Å². The number of hydrogen-bond acceptors (Lipinski definition) is 1. The van der Waals surface area contributed by atoms with Gasteiger partial charge in [0.25, 0.3) is 0 Å². The zero-order chi connectivity index (χ0) is 5.21. The molecule has 0 heterocycles. The molecule has 0 unspecified atom stereocenters. The third-order valence-electron chi connectivity index (χ3n) is 0. The van der Waals surface area contributed by atoms with Crippen LogP contribution in [0.1, 0.15) is 0 Å². The first kappa shape index (κ1) is 3.37. The Hall–Kier alpha value is 0.177. The molecule has 0 aromatic rings. The lowest BCUT2D eigenvalue weighted by Gasteiger charge is -2.00. The van der Waals surface area contributed by atoms with Crippen LogP contribution in [-0.4, -0.2) is 14.5 Å². The van der Waals surface area contributed by atoms with E-state index in [4.69, 9.17) is 1.43 Å². The zero-order valence-electron chi connectivity index (χ0n) is 4.91. The van der Waals surface area contributed by atoms with E-state index in [1.165, 1.54) is 0 Å². The molecule has 0 aromatic heterocycles. The van der Waals surface area contributed by atoms with Crippen molar-refractivity contribution in [3.63, 3.8) is 0 Å². The Bertz CT molecular complexity index is 40.5. The molecule has 5 heavy (non-hydrogen) atoms. The minimum absolute atomic E-state index is 1.46. The van der Waals surface area contributed by atoms with Crippen molar-refractivity contribution in [2.45, 2.75) is 19.6 Å². The van der Waals surface area contributed by atoms with Gasteiger partial charge >= 0.3 is 0 Å². The van der Waals surface area contributed by atoms with Gasteiger partial charge in [0.15, 0.2) is 9.75 Å². The van der Waals surface area contributed by atoms with E-state index in [0.717, 1.165) is 0 Å². The van der Waals surface area contributed by atoms with Crippen molar-refractivity contribution in [1.82, 2.24) is 0 Å². The highest BCUT2D eigenvalue weighted by atomic mass is 28.4. The van der Waals surface area contributed by atoms with Gasteiger partial charge in [-0.2, -0.15) is 0 Å². The lowest BCUT2D eigenvalue weighted by molar-refractivity contribution is 0.561. The van der Waals surface area contributed by atoms with Crippen molar-refractivity contribution in [3.05, 3.63) is 0 Å². The molecule has 0 bridgehead atoms. The van der Waals surface area contributed by atoms with Gasteiger partial charge in [-0.05, 0) is 19.6 Å². The van der Waals surface area contributed by atoms with Crippen LogP contribution in [0.5, 0.6) is 0 Å². The molecule has 1 nitrogen and oxygen atoms in total. The van der Waals surface area contributed by atoms with E-state index in [0.29, 0.717) is 0 Å². The molecule has 0 amide bonds. The van der Waals surface area contributed by atoms with Gasteiger partial charge in [0.2, 0.25) is 0 Å². The zero-order valence-corrected chi connectivity index (χ0v) is 4.91. The quantitative estimate of drug-likeness (QED) is 0.473. The topological polar surface area (TPSA) is 20.2 Å². The predicted molar refractivity (Wildman–Crippen MR) is 25.6 cm³/mol. The lowest BCUT2D eigenvalue weighted by Crippen LogP contribution is -2.17. The third kappa shape index (κ3) is 633. The largest absolute Gasteiger partial charge is 0.433 e. The van der Waals surface area contributed by atoms with Crippen molar-refractivity contribution in [1.29, 1.82) is 1.43 Å². The highest BCUT2D eigenvalue weighted by molar-refractivity contribution is 6.68. The second-order valence-corrected chi connectivity index (χ2v) is 6.34. The molecule has 0 atom stereocenters. The van der Waals surface area contributed by atoms with Gasteiger partial charge in [-0.25, -0.2) is 0 Å². The monoisotopic (exact) mass is 91.1 g/mol. The second-order valence-electron chi connectivity index (χ2n) is 2.11. The standard InChI is InChI=1S/C3H10OSi/c1-5(2,3)4/h4H,1-3H3/i4D. The Morgan fingerprint density at radius 2 is 1.80 bits per heavy atom. The van der Waals surface area contributed by atoms with Crippen LogP contribution >= 0.6 is 0 Å². The van der Waals surface area contributed by atoms with Gasteiger partial charge in [-0.3, -0.25) is 0 Å². The van der Waals surface area contributed by atoms with Crippen molar-refractivity contribution >= 4 is 8.32 Å². The highest BCUT2D eigenvalue weighted by Gasteiger charge is 2.03. The smallest absolute Gasteiger partial charge is 0.193 e. The molecule has 0 aliphatic carbocycles. The molecule has 0 aromatic carbocycles. The maximum absolute atomic E-state index is 6.42. The van der Waals surface area contributed by atoms with E-state index in [9.17, 15) is 0 Å². The fraction of sp³-hybridized carbons (Fsp3) is 1.00.